The highest BCUT2D eigenvalue weighted by molar-refractivity contribution is 6.13. The van der Waals surface area contributed by atoms with Crippen molar-refractivity contribution in [1.82, 2.24) is 9.97 Å². The Bertz CT molecular complexity index is 3650. The van der Waals surface area contributed by atoms with E-state index in [0.717, 1.165) is 56.7 Å². The topological polar surface area (TPSA) is 57.0 Å². The summed E-state index contributed by atoms with van der Waals surface area (Å²) in [4.78, 5) is 25.6. The molecule has 9 aromatic rings. The molecule has 2 aliphatic heterocycles. The van der Waals surface area contributed by atoms with Gasteiger partial charge in [-0.1, -0.05) is 146 Å². The van der Waals surface area contributed by atoms with E-state index in [2.05, 4.69) is 247 Å². The average Bonchev–Trinajstić information content (AvgIpc) is 4.00. The molecular formula is C65H56N6. The molecule has 1 spiro atoms. The zero-order valence-corrected chi connectivity index (χ0v) is 41.7. The second-order valence-electron chi connectivity index (χ2n) is 21.8. The number of pyridine rings is 2. The summed E-state index contributed by atoms with van der Waals surface area (Å²) in [6.07, 6.45) is 4.08. The molecular weight excluding hydrogens is 865 g/mol. The number of aliphatic imine (C=N–C) groups is 2. The molecule has 0 unspecified atom stereocenters. The van der Waals surface area contributed by atoms with Crippen molar-refractivity contribution >= 4 is 34.1 Å². The van der Waals surface area contributed by atoms with E-state index in [1.165, 1.54) is 55.3 Å². The minimum atomic E-state index is -0.536. The van der Waals surface area contributed by atoms with Crippen LogP contribution in [0.15, 0.2) is 204 Å². The summed E-state index contributed by atoms with van der Waals surface area (Å²) in [5.41, 5.74) is 15.2. The van der Waals surface area contributed by atoms with Gasteiger partial charge in [-0.3, -0.25) is 9.98 Å². The molecule has 0 bridgehead atoms. The van der Waals surface area contributed by atoms with E-state index in [0.29, 0.717) is 0 Å². The maximum Gasteiger partial charge on any atom is 0.137 e. The van der Waals surface area contributed by atoms with Gasteiger partial charge in [0.15, 0.2) is 0 Å². The summed E-state index contributed by atoms with van der Waals surface area (Å²) < 4.78 is 0. The van der Waals surface area contributed by atoms with Crippen molar-refractivity contribution in [2.24, 2.45) is 9.98 Å². The van der Waals surface area contributed by atoms with Crippen LogP contribution in [0.25, 0.3) is 55.3 Å². The Morgan fingerprint density at radius 2 is 0.789 bits per heavy atom. The second-order valence-corrected chi connectivity index (χ2v) is 21.8. The van der Waals surface area contributed by atoms with E-state index in [1.807, 2.05) is 12.4 Å². The smallest absolute Gasteiger partial charge is 0.137 e. The molecule has 0 fully saturated rings. The quantitative estimate of drug-likeness (QED) is 0.167. The predicted molar refractivity (Wildman–Crippen MR) is 294 cm³/mol. The number of amidine groups is 2. The number of fused-ring (bicyclic) bond motifs is 12. The molecule has 4 heterocycles. The van der Waals surface area contributed by atoms with E-state index in [1.54, 1.807) is 0 Å². The first-order valence-corrected chi connectivity index (χ1v) is 25.0. The lowest BCUT2D eigenvalue weighted by Gasteiger charge is -2.40. The van der Waals surface area contributed by atoms with Crippen LogP contribution >= 0.6 is 0 Å². The SMILES string of the molecule is CC1(C)N=C(c2ccccc2)N(c2ccc(-c3ccc4c(c3)C3(c5ccccc5-c5ccccc53)c3c-4ccc4cc(-c5ccc(N6C(c7ccccc7)=NC(C)(C)C6(C)C)nc5)ccc34)cn2)C1(C)C. The van der Waals surface area contributed by atoms with Gasteiger partial charge in [0.25, 0.3) is 0 Å². The standard InChI is InChI=1S/C65H56N6/c1-61(2)63(5,6)70(59(68-61)41-19-11-9-12-20-41)56-35-30-46(39-66-56)43-27-32-48-45(37-43)29-34-52-51-33-28-44(38-55(51)65(58(48)52)53-25-17-15-23-49(53)50-24-16-18-26-54(50)65)47-31-36-57(67-40-47)71-60(42-21-13-10-14-22-42)69-62(3,4)64(71,7)8/h9-40H,1-8H3. The number of hydrogen-bond donors (Lipinski definition) is 0. The van der Waals surface area contributed by atoms with E-state index >= 15 is 0 Å². The van der Waals surface area contributed by atoms with Crippen LogP contribution in [0.4, 0.5) is 11.6 Å². The van der Waals surface area contributed by atoms with Gasteiger partial charge >= 0.3 is 0 Å². The lowest BCUT2D eigenvalue weighted by Crippen LogP contribution is -2.53. The van der Waals surface area contributed by atoms with Gasteiger partial charge in [-0.05, 0) is 158 Å². The molecule has 0 N–H and O–H groups in total. The van der Waals surface area contributed by atoms with Crippen molar-refractivity contribution in [2.45, 2.75) is 83.0 Å². The summed E-state index contributed by atoms with van der Waals surface area (Å²) in [6.45, 7) is 17.9. The Hall–Kier alpha value is -7.96. The van der Waals surface area contributed by atoms with E-state index < -0.39 is 5.41 Å². The summed E-state index contributed by atoms with van der Waals surface area (Å²) in [5, 5.41) is 2.45. The third kappa shape index (κ3) is 6.00. The average molecular weight is 921 g/mol. The molecule has 4 aliphatic rings. The molecule has 0 saturated heterocycles. The molecule has 2 aliphatic carbocycles. The fourth-order valence-electron chi connectivity index (χ4n) is 12.0. The highest BCUT2D eigenvalue weighted by Crippen LogP contribution is 2.64. The van der Waals surface area contributed by atoms with Crippen LogP contribution in [-0.4, -0.2) is 43.8 Å². The summed E-state index contributed by atoms with van der Waals surface area (Å²) in [5.74, 6) is 3.68. The lowest BCUT2D eigenvalue weighted by atomic mass is 9.69. The van der Waals surface area contributed by atoms with Crippen molar-refractivity contribution in [3.8, 4) is 44.5 Å². The van der Waals surface area contributed by atoms with Gasteiger partial charge in [0, 0.05) is 34.6 Å². The van der Waals surface area contributed by atoms with Crippen LogP contribution in [0, 0.1) is 0 Å². The first-order valence-electron chi connectivity index (χ1n) is 25.0. The van der Waals surface area contributed by atoms with Crippen LogP contribution < -0.4 is 9.80 Å². The molecule has 0 saturated carbocycles. The fraction of sp³-hybridized carbons (Fsp3) is 0.200. The van der Waals surface area contributed by atoms with Gasteiger partial charge < -0.3 is 9.80 Å². The van der Waals surface area contributed by atoms with Crippen molar-refractivity contribution in [1.29, 1.82) is 0 Å². The van der Waals surface area contributed by atoms with Gasteiger partial charge in [0.2, 0.25) is 0 Å². The Morgan fingerprint density at radius 1 is 0.352 bits per heavy atom. The third-order valence-electron chi connectivity index (χ3n) is 17.1. The molecule has 346 valence electrons. The Balaban J connectivity index is 0.913. The normalized spacial score (nSPS) is 18.0. The summed E-state index contributed by atoms with van der Waals surface area (Å²) >= 11 is 0. The molecule has 0 amide bonds. The van der Waals surface area contributed by atoms with Gasteiger partial charge in [-0.2, -0.15) is 0 Å². The molecule has 71 heavy (non-hydrogen) atoms. The first-order chi connectivity index (χ1) is 34.2. The summed E-state index contributed by atoms with van der Waals surface area (Å²) in [6, 6.07) is 66.7. The number of nitrogens with zero attached hydrogens (tertiary/aromatic N) is 6. The minimum absolute atomic E-state index is 0.297. The number of rotatable bonds is 6. The molecule has 6 heteroatoms. The van der Waals surface area contributed by atoms with E-state index in [-0.39, 0.29) is 22.2 Å². The molecule has 7 aromatic carbocycles. The highest BCUT2D eigenvalue weighted by atomic mass is 15.4. The summed E-state index contributed by atoms with van der Waals surface area (Å²) in [7, 11) is 0. The Labute approximate surface area is 417 Å². The largest absolute Gasteiger partial charge is 0.303 e. The van der Waals surface area contributed by atoms with Crippen LogP contribution in [0.5, 0.6) is 0 Å². The monoisotopic (exact) mass is 920 g/mol. The minimum Gasteiger partial charge on any atom is -0.303 e. The maximum atomic E-state index is 5.29. The second kappa shape index (κ2) is 15.0. The van der Waals surface area contributed by atoms with Crippen LogP contribution in [0.1, 0.15) is 88.8 Å². The zero-order chi connectivity index (χ0) is 48.7. The van der Waals surface area contributed by atoms with Gasteiger partial charge in [-0.15, -0.1) is 0 Å². The van der Waals surface area contributed by atoms with Crippen molar-refractivity contribution < 1.29 is 0 Å². The Kier molecular flexibility index (Phi) is 9.12. The molecule has 6 nitrogen and oxygen atoms in total. The van der Waals surface area contributed by atoms with Gasteiger partial charge in [0.1, 0.15) is 23.3 Å². The molecule has 0 radical (unpaired) electrons. The van der Waals surface area contributed by atoms with Crippen LogP contribution in [-0.2, 0) is 5.41 Å². The predicted octanol–water partition coefficient (Wildman–Crippen LogP) is 15.0. The lowest BCUT2D eigenvalue weighted by molar-refractivity contribution is 0.337. The third-order valence-corrected chi connectivity index (χ3v) is 17.1. The zero-order valence-electron chi connectivity index (χ0n) is 41.7. The van der Waals surface area contributed by atoms with Gasteiger partial charge in [0.05, 0.1) is 27.6 Å². The van der Waals surface area contributed by atoms with Crippen molar-refractivity contribution in [3.63, 3.8) is 0 Å². The van der Waals surface area contributed by atoms with Gasteiger partial charge in [-0.25, -0.2) is 9.97 Å². The highest BCUT2D eigenvalue weighted by Gasteiger charge is 2.54. The Morgan fingerprint density at radius 3 is 1.30 bits per heavy atom. The first kappa shape index (κ1) is 43.1. The molecule has 0 atom stereocenters. The molecule has 13 rings (SSSR count). The fourth-order valence-corrected chi connectivity index (χ4v) is 12.0. The van der Waals surface area contributed by atoms with Crippen molar-refractivity contribution in [3.05, 3.63) is 228 Å². The number of benzene rings is 7. The van der Waals surface area contributed by atoms with Crippen LogP contribution in [0.2, 0.25) is 0 Å². The maximum absolute atomic E-state index is 5.29. The molecule has 2 aromatic heterocycles. The van der Waals surface area contributed by atoms with E-state index in [4.69, 9.17) is 20.0 Å². The number of hydrogen-bond acceptors (Lipinski definition) is 6. The number of anilines is 2. The number of aromatic nitrogens is 2. The van der Waals surface area contributed by atoms with E-state index in [9.17, 15) is 0 Å². The van der Waals surface area contributed by atoms with Crippen LogP contribution in [0.3, 0.4) is 0 Å². The van der Waals surface area contributed by atoms with Crippen molar-refractivity contribution in [2.75, 3.05) is 9.80 Å².